The summed E-state index contributed by atoms with van der Waals surface area (Å²) in [5.74, 6) is -0.370. The summed E-state index contributed by atoms with van der Waals surface area (Å²) in [6.07, 6.45) is 9.47. The fourth-order valence-electron chi connectivity index (χ4n) is 5.07. The number of carbonyl (C=O) groups excluding carboxylic acids is 4. The topological polar surface area (TPSA) is 198 Å². The van der Waals surface area contributed by atoms with Gasteiger partial charge in [0.15, 0.2) is 0 Å². The summed E-state index contributed by atoms with van der Waals surface area (Å²) in [6, 6.07) is 11.8. The van der Waals surface area contributed by atoms with Crippen LogP contribution in [0, 0.1) is 0 Å². The Balaban J connectivity index is 1.55. The molecule has 0 atom stereocenters. The highest BCUT2D eigenvalue weighted by Crippen LogP contribution is 2.25. The molecule has 0 aliphatic heterocycles. The first-order valence-corrected chi connectivity index (χ1v) is 20.7. The van der Waals surface area contributed by atoms with E-state index in [0.717, 1.165) is 25.7 Å². The Hall–Kier alpha value is -4.21. The van der Waals surface area contributed by atoms with Crippen LogP contribution < -0.4 is 9.47 Å². The van der Waals surface area contributed by atoms with E-state index < -0.39 is 9.84 Å². The molecule has 0 bridgehead atoms. The lowest BCUT2D eigenvalue weighted by Gasteiger charge is -2.10. The number of ether oxygens (including phenoxy) is 6. The second-order valence-corrected chi connectivity index (χ2v) is 14.7. The van der Waals surface area contributed by atoms with E-state index in [1.807, 2.05) is 0 Å². The van der Waals surface area contributed by atoms with Crippen LogP contribution in [-0.2, 0) is 48.0 Å². The van der Waals surface area contributed by atoms with Crippen LogP contribution in [0.5, 0.6) is 11.5 Å². The Bertz CT molecular complexity index is 1370. The zero-order valence-corrected chi connectivity index (χ0v) is 32.6. The molecule has 308 valence electrons. The highest BCUT2D eigenvalue weighted by atomic mass is 32.2. The maximum absolute atomic E-state index is 13.1. The number of hydrogen-bond acceptors (Lipinski definition) is 14. The van der Waals surface area contributed by atoms with Gasteiger partial charge in [0.2, 0.25) is 9.84 Å². The lowest BCUT2D eigenvalue weighted by molar-refractivity contribution is -0.145. The van der Waals surface area contributed by atoms with Crippen molar-refractivity contribution in [1.29, 1.82) is 0 Å². The quantitative estimate of drug-likeness (QED) is 0.0521. The van der Waals surface area contributed by atoms with Gasteiger partial charge in [0.05, 0.1) is 23.0 Å². The molecule has 55 heavy (non-hydrogen) atoms. The molecular weight excluding hydrogens is 736 g/mol. The van der Waals surface area contributed by atoms with Crippen LogP contribution in [0.4, 0.5) is 0 Å². The first-order chi connectivity index (χ1) is 26.6. The zero-order valence-electron chi connectivity index (χ0n) is 31.8. The van der Waals surface area contributed by atoms with E-state index in [1.165, 1.54) is 48.5 Å². The van der Waals surface area contributed by atoms with Gasteiger partial charge in [-0.05, 0) is 113 Å². The molecule has 0 unspecified atom stereocenters. The molecule has 2 N–H and O–H groups in total. The number of aliphatic hydroxyl groups is 2. The van der Waals surface area contributed by atoms with E-state index in [4.69, 9.17) is 38.6 Å². The summed E-state index contributed by atoms with van der Waals surface area (Å²) in [5.41, 5.74) is 0. The number of sulfone groups is 1. The van der Waals surface area contributed by atoms with Crippen molar-refractivity contribution in [3.63, 3.8) is 0 Å². The number of unbranched alkanes of at least 4 members (excludes halogenated alkanes) is 8. The third-order valence-electron chi connectivity index (χ3n) is 8.15. The maximum atomic E-state index is 13.1. The van der Waals surface area contributed by atoms with Gasteiger partial charge < -0.3 is 38.6 Å². The Morgan fingerprint density at radius 1 is 0.400 bits per heavy atom. The molecule has 0 aromatic heterocycles. The Morgan fingerprint density at radius 2 is 0.709 bits per heavy atom. The van der Waals surface area contributed by atoms with E-state index in [-0.39, 0.29) is 86.2 Å². The van der Waals surface area contributed by atoms with E-state index >= 15 is 0 Å². The van der Waals surface area contributed by atoms with Gasteiger partial charge in [-0.2, -0.15) is 0 Å². The van der Waals surface area contributed by atoms with Gasteiger partial charge in [0, 0.05) is 38.9 Å². The Morgan fingerprint density at radius 3 is 1.04 bits per heavy atom. The van der Waals surface area contributed by atoms with Gasteiger partial charge in [0.25, 0.3) is 0 Å². The highest BCUT2D eigenvalue weighted by Gasteiger charge is 2.18. The number of hydrogen-bond donors (Lipinski definition) is 2. The van der Waals surface area contributed by atoms with Gasteiger partial charge in [-0.1, -0.05) is 12.8 Å². The minimum atomic E-state index is -3.81. The largest absolute Gasteiger partial charge is 0.490 e. The molecule has 15 heteroatoms. The molecule has 14 nitrogen and oxygen atoms in total. The van der Waals surface area contributed by atoms with E-state index in [9.17, 15) is 27.6 Å². The summed E-state index contributed by atoms with van der Waals surface area (Å²) in [5, 5.41) is 17.5. The molecule has 0 aliphatic carbocycles. The van der Waals surface area contributed by atoms with Crippen molar-refractivity contribution in [2.45, 2.75) is 113 Å². The molecule has 2 aromatic carbocycles. The Labute approximate surface area is 324 Å². The normalized spacial score (nSPS) is 11.1. The zero-order chi connectivity index (χ0) is 40.0. The number of aliphatic hydroxyl groups excluding tert-OH is 2. The Kier molecular flexibility index (Phi) is 24.9. The third-order valence-corrected chi connectivity index (χ3v) is 9.94. The molecule has 0 saturated heterocycles. The number of carbonyl (C=O) groups is 4. The van der Waals surface area contributed by atoms with E-state index in [0.29, 0.717) is 88.9 Å². The van der Waals surface area contributed by atoms with Gasteiger partial charge in [0.1, 0.15) is 37.9 Å². The summed E-state index contributed by atoms with van der Waals surface area (Å²) >= 11 is 0. The average Bonchev–Trinajstić information content (AvgIpc) is 3.18. The number of rotatable bonds is 32. The van der Waals surface area contributed by atoms with Crippen LogP contribution in [0.1, 0.15) is 103 Å². The standard InChI is InChI=1S/C40H58O14S/c41-25-9-1-5-13-37(43)51-27-11-3-7-15-39(45)53-31-29-49-33-17-21-35(22-18-33)55(47,48)36-23-19-34(20-24-36)50-30-32-54-40(46)16-8-4-12-28-52-38(44)14-6-2-10-26-42/h17-24,41-42H,1-16,25-32H2. The third kappa shape index (κ3) is 22.1. The average molecular weight is 795 g/mol. The van der Waals surface area contributed by atoms with E-state index in [1.54, 1.807) is 0 Å². The fourth-order valence-corrected chi connectivity index (χ4v) is 6.33. The van der Waals surface area contributed by atoms with Gasteiger partial charge in [-0.15, -0.1) is 0 Å². The maximum Gasteiger partial charge on any atom is 0.305 e. The van der Waals surface area contributed by atoms with Crippen LogP contribution in [0.25, 0.3) is 0 Å². The van der Waals surface area contributed by atoms with Gasteiger partial charge in [-0.25, -0.2) is 8.42 Å². The molecule has 0 amide bonds. The lowest BCUT2D eigenvalue weighted by atomic mass is 10.2. The van der Waals surface area contributed by atoms with Crippen molar-refractivity contribution < 1.29 is 66.2 Å². The first-order valence-electron chi connectivity index (χ1n) is 19.2. The molecule has 0 fully saturated rings. The monoisotopic (exact) mass is 794 g/mol. The number of benzene rings is 2. The van der Waals surface area contributed by atoms with E-state index in [2.05, 4.69) is 0 Å². The smallest absolute Gasteiger partial charge is 0.305 e. The molecular formula is C40H58O14S. The second kappa shape index (κ2) is 29.1. The summed E-state index contributed by atoms with van der Waals surface area (Å²) < 4.78 is 58.1. The van der Waals surface area contributed by atoms with Crippen molar-refractivity contribution in [1.82, 2.24) is 0 Å². The van der Waals surface area contributed by atoms with Gasteiger partial charge in [-0.3, -0.25) is 19.2 Å². The molecule has 0 aliphatic rings. The minimum Gasteiger partial charge on any atom is -0.490 e. The van der Waals surface area contributed by atoms with Gasteiger partial charge >= 0.3 is 23.9 Å². The molecule has 0 saturated carbocycles. The molecule has 2 aromatic rings. The first kappa shape index (κ1) is 46.9. The van der Waals surface area contributed by atoms with Crippen LogP contribution in [0.3, 0.4) is 0 Å². The summed E-state index contributed by atoms with van der Waals surface area (Å²) in [7, 11) is -3.81. The fraction of sp³-hybridized carbons (Fsp3) is 0.600. The summed E-state index contributed by atoms with van der Waals surface area (Å²) in [6.45, 7) is 1.15. The number of esters is 4. The molecule has 2 rings (SSSR count). The van der Waals surface area contributed by atoms with Crippen LogP contribution in [0.2, 0.25) is 0 Å². The molecule has 0 heterocycles. The minimum absolute atomic E-state index is 0.0413. The SMILES string of the molecule is O=C(CCCCCO)OCCCCCC(=O)OCCOc1ccc(S(=O)(=O)c2ccc(OCCOC(=O)CCCCCOC(=O)CCCCCO)cc2)cc1. The van der Waals surface area contributed by atoms with Crippen LogP contribution in [0.15, 0.2) is 58.3 Å². The summed E-state index contributed by atoms with van der Waals surface area (Å²) in [4.78, 5) is 47.3. The predicted octanol–water partition coefficient (Wildman–Crippen LogP) is 5.68. The van der Waals surface area contributed by atoms with Crippen molar-refractivity contribution in [3.8, 4) is 11.5 Å². The lowest BCUT2D eigenvalue weighted by Crippen LogP contribution is -2.12. The second-order valence-electron chi connectivity index (χ2n) is 12.7. The van der Waals surface area contributed by atoms with Crippen LogP contribution >= 0.6 is 0 Å². The highest BCUT2D eigenvalue weighted by molar-refractivity contribution is 7.91. The van der Waals surface area contributed by atoms with Crippen molar-refractivity contribution >= 4 is 33.7 Å². The van der Waals surface area contributed by atoms with Crippen molar-refractivity contribution in [3.05, 3.63) is 48.5 Å². The molecule has 0 radical (unpaired) electrons. The van der Waals surface area contributed by atoms with Crippen molar-refractivity contribution in [2.75, 3.05) is 52.9 Å². The predicted molar refractivity (Wildman–Crippen MR) is 201 cm³/mol. The van der Waals surface area contributed by atoms with Crippen LogP contribution in [-0.4, -0.2) is 95.4 Å². The van der Waals surface area contributed by atoms with Crippen molar-refractivity contribution in [2.24, 2.45) is 0 Å². The molecule has 0 spiro atoms.